The van der Waals surface area contributed by atoms with Crippen molar-refractivity contribution in [2.45, 2.75) is 38.0 Å². The second-order valence-electron chi connectivity index (χ2n) is 6.68. The van der Waals surface area contributed by atoms with E-state index in [0.717, 1.165) is 5.02 Å². The number of rotatable bonds is 2. The fourth-order valence-electron chi connectivity index (χ4n) is 4.08. The van der Waals surface area contributed by atoms with Gasteiger partial charge in [-0.1, -0.05) is 24.1 Å². The summed E-state index contributed by atoms with van der Waals surface area (Å²) in [5.74, 6) is 0.677. The van der Waals surface area contributed by atoms with E-state index < -0.39 is 0 Å². The molecule has 0 unspecified atom stereocenters. The molecule has 2 aliphatic rings. The van der Waals surface area contributed by atoms with Gasteiger partial charge in [0.2, 0.25) is 0 Å². The topological polar surface area (TPSA) is 22.3 Å². The van der Waals surface area contributed by atoms with Crippen LogP contribution in [0.4, 0.5) is 0 Å². The Morgan fingerprint density at radius 2 is 1.68 bits per heavy atom. The lowest BCUT2D eigenvalue weighted by molar-refractivity contribution is -0.0552. The van der Waals surface area contributed by atoms with Gasteiger partial charge in [-0.2, -0.15) is 0 Å². The molecule has 1 N–H and O–H groups in total. The Bertz CT molecular complexity index is 637. The molecule has 0 amide bonds. The number of fused-ring (bicyclic) bond motifs is 1. The molecule has 1 aromatic heterocycles. The number of aromatic nitrogens is 1. The lowest BCUT2D eigenvalue weighted by Gasteiger charge is -2.41. The number of hydrogen-bond donors (Lipinski definition) is 1. The van der Waals surface area contributed by atoms with Gasteiger partial charge in [0.1, 0.15) is 0 Å². The van der Waals surface area contributed by atoms with Gasteiger partial charge in [-0.3, -0.25) is 0 Å². The second-order valence-corrected chi connectivity index (χ2v) is 7.11. The zero-order valence-corrected chi connectivity index (χ0v) is 13.8. The van der Waals surface area contributed by atoms with Crippen molar-refractivity contribution in [3.05, 3.63) is 35.0 Å². The summed E-state index contributed by atoms with van der Waals surface area (Å²) in [4.78, 5) is 3.39. The van der Waals surface area contributed by atoms with Crippen LogP contribution >= 0.6 is 11.6 Å². The molecular formula is C18H24ClN3. The number of halogens is 1. The van der Waals surface area contributed by atoms with Crippen molar-refractivity contribution < 1.29 is 0 Å². The van der Waals surface area contributed by atoms with E-state index in [1.54, 1.807) is 0 Å². The highest BCUT2D eigenvalue weighted by Crippen LogP contribution is 2.34. The van der Waals surface area contributed by atoms with Crippen molar-refractivity contribution in [2.24, 2.45) is 0 Å². The summed E-state index contributed by atoms with van der Waals surface area (Å²) in [7, 11) is 0. The number of nitrogens with one attached hydrogen (secondary N) is 1. The molecule has 4 rings (SSSR count). The van der Waals surface area contributed by atoms with Gasteiger partial charge in [0.05, 0.1) is 0 Å². The van der Waals surface area contributed by atoms with Gasteiger partial charge in [-0.25, -0.2) is 10.0 Å². The quantitative estimate of drug-likeness (QED) is 0.886. The van der Waals surface area contributed by atoms with Crippen molar-refractivity contribution >= 4 is 22.5 Å². The number of piperidine rings is 2. The first-order valence-electron chi connectivity index (χ1n) is 8.57. The van der Waals surface area contributed by atoms with Crippen molar-refractivity contribution in [1.29, 1.82) is 0 Å². The van der Waals surface area contributed by atoms with Crippen molar-refractivity contribution in [3.63, 3.8) is 0 Å². The van der Waals surface area contributed by atoms with Gasteiger partial charge >= 0.3 is 0 Å². The van der Waals surface area contributed by atoms with E-state index >= 15 is 0 Å². The molecule has 0 bridgehead atoms. The Balaban J connectivity index is 1.46. The number of aromatic amines is 1. The summed E-state index contributed by atoms with van der Waals surface area (Å²) in [6.45, 7) is 4.92. The highest BCUT2D eigenvalue weighted by Gasteiger charge is 2.26. The number of nitrogens with zero attached hydrogens (tertiary/aromatic N) is 2. The Kier molecular flexibility index (Phi) is 4.12. The molecule has 3 heterocycles. The summed E-state index contributed by atoms with van der Waals surface area (Å²) in [6, 6.07) is 6.20. The summed E-state index contributed by atoms with van der Waals surface area (Å²) >= 11 is 6.09. The zero-order valence-electron chi connectivity index (χ0n) is 13.0. The second kappa shape index (κ2) is 6.23. The van der Waals surface area contributed by atoms with E-state index in [2.05, 4.69) is 27.3 Å². The number of benzene rings is 1. The van der Waals surface area contributed by atoms with Gasteiger partial charge in [0.25, 0.3) is 0 Å². The molecule has 2 fully saturated rings. The van der Waals surface area contributed by atoms with Gasteiger partial charge in [0, 0.05) is 48.3 Å². The molecule has 4 heteroatoms. The van der Waals surface area contributed by atoms with E-state index in [4.69, 9.17) is 11.6 Å². The van der Waals surface area contributed by atoms with Crippen LogP contribution in [0.25, 0.3) is 10.9 Å². The number of H-pyrrole nitrogens is 1. The summed E-state index contributed by atoms with van der Waals surface area (Å²) in [5.41, 5.74) is 2.64. The predicted molar refractivity (Wildman–Crippen MR) is 92.3 cm³/mol. The molecular weight excluding hydrogens is 294 g/mol. The van der Waals surface area contributed by atoms with Gasteiger partial charge < -0.3 is 4.98 Å². The van der Waals surface area contributed by atoms with E-state index in [-0.39, 0.29) is 0 Å². The summed E-state index contributed by atoms with van der Waals surface area (Å²) in [6.07, 6.45) is 8.84. The Hall–Kier alpha value is -1.03. The van der Waals surface area contributed by atoms with Crippen LogP contribution in [-0.4, -0.2) is 41.2 Å². The minimum Gasteiger partial charge on any atom is -0.361 e. The third-order valence-electron chi connectivity index (χ3n) is 5.32. The summed E-state index contributed by atoms with van der Waals surface area (Å²) < 4.78 is 0. The molecule has 0 aliphatic carbocycles. The first-order valence-corrected chi connectivity index (χ1v) is 8.95. The lowest BCUT2D eigenvalue weighted by Crippen LogP contribution is -2.48. The van der Waals surface area contributed by atoms with Crippen LogP contribution in [0.3, 0.4) is 0 Å². The van der Waals surface area contributed by atoms with Crippen molar-refractivity contribution in [3.8, 4) is 0 Å². The van der Waals surface area contributed by atoms with E-state index in [1.165, 1.54) is 74.7 Å². The molecule has 0 saturated carbocycles. The first-order chi connectivity index (χ1) is 10.8. The van der Waals surface area contributed by atoms with E-state index in [1.807, 2.05) is 12.1 Å². The standard InChI is InChI=1S/C18H24ClN3/c19-15-4-5-16-17(13-20-18(16)12-15)14-6-10-22(11-7-14)21-8-2-1-3-9-21/h4-5,12-14,20H,1-3,6-11H2. The SMILES string of the molecule is Clc1ccc2c(C3CCN(N4CCCCC4)CC3)c[nH]c2c1. The maximum atomic E-state index is 6.09. The third kappa shape index (κ3) is 2.78. The minimum absolute atomic E-state index is 0.677. The first kappa shape index (κ1) is 14.6. The maximum absolute atomic E-state index is 6.09. The Labute approximate surface area is 137 Å². The molecule has 3 nitrogen and oxygen atoms in total. The molecule has 0 atom stereocenters. The molecule has 2 aromatic rings. The van der Waals surface area contributed by atoms with Crippen LogP contribution < -0.4 is 0 Å². The minimum atomic E-state index is 0.677. The molecule has 118 valence electrons. The number of hydrazine groups is 1. The Morgan fingerprint density at radius 3 is 2.45 bits per heavy atom. The van der Waals surface area contributed by atoms with Crippen LogP contribution in [0, 0.1) is 0 Å². The molecule has 2 saturated heterocycles. The fraction of sp³-hybridized carbons (Fsp3) is 0.556. The van der Waals surface area contributed by atoms with Crippen molar-refractivity contribution in [1.82, 2.24) is 15.0 Å². The zero-order chi connectivity index (χ0) is 14.9. The smallest absolute Gasteiger partial charge is 0.0471 e. The lowest BCUT2D eigenvalue weighted by atomic mass is 9.89. The van der Waals surface area contributed by atoms with Crippen LogP contribution in [0.15, 0.2) is 24.4 Å². The van der Waals surface area contributed by atoms with Gasteiger partial charge in [-0.05, 0) is 49.3 Å². The van der Waals surface area contributed by atoms with Crippen molar-refractivity contribution in [2.75, 3.05) is 26.2 Å². The van der Waals surface area contributed by atoms with Gasteiger partial charge in [-0.15, -0.1) is 0 Å². The maximum Gasteiger partial charge on any atom is 0.0471 e. The molecule has 22 heavy (non-hydrogen) atoms. The Morgan fingerprint density at radius 1 is 0.955 bits per heavy atom. The average Bonchev–Trinajstić information content (AvgIpc) is 2.99. The van der Waals surface area contributed by atoms with E-state index in [0.29, 0.717) is 5.92 Å². The molecule has 0 radical (unpaired) electrons. The molecule has 0 spiro atoms. The van der Waals surface area contributed by atoms with Crippen LogP contribution in [0.2, 0.25) is 5.02 Å². The normalized spacial score (nSPS) is 22.4. The van der Waals surface area contributed by atoms with Crippen LogP contribution in [0.1, 0.15) is 43.6 Å². The largest absolute Gasteiger partial charge is 0.361 e. The fourth-order valence-corrected chi connectivity index (χ4v) is 4.25. The molecule has 1 aromatic carbocycles. The average molecular weight is 318 g/mol. The van der Waals surface area contributed by atoms with Crippen LogP contribution in [-0.2, 0) is 0 Å². The monoisotopic (exact) mass is 317 g/mol. The van der Waals surface area contributed by atoms with E-state index in [9.17, 15) is 0 Å². The molecule has 2 aliphatic heterocycles. The predicted octanol–water partition coefficient (Wildman–Crippen LogP) is 4.40. The highest BCUT2D eigenvalue weighted by molar-refractivity contribution is 6.31. The summed E-state index contributed by atoms with van der Waals surface area (Å²) in [5, 5.41) is 7.34. The highest BCUT2D eigenvalue weighted by atomic mass is 35.5. The number of hydrogen-bond acceptors (Lipinski definition) is 2. The van der Waals surface area contributed by atoms with Crippen LogP contribution in [0.5, 0.6) is 0 Å². The van der Waals surface area contributed by atoms with Gasteiger partial charge in [0.15, 0.2) is 0 Å². The third-order valence-corrected chi connectivity index (χ3v) is 5.55.